The Balaban J connectivity index is 1.35. The molecule has 3 saturated heterocycles. The maximum Gasteiger partial charge on any atom is 0.410 e. The second-order valence-electron chi connectivity index (χ2n) is 8.38. The SMILES string of the molecule is CCCc1nc(C)cc(N2CCC(N3CC[C@@]4(CN(C)C(=O)O4)C3)CC2)n1. The van der Waals surface area contributed by atoms with Crippen LogP contribution in [-0.2, 0) is 11.2 Å². The lowest BCUT2D eigenvalue weighted by molar-refractivity contribution is 0.0566. The molecule has 4 rings (SSSR count). The zero-order chi connectivity index (χ0) is 19.0. The van der Waals surface area contributed by atoms with Gasteiger partial charge in [-0.2, -0.15) is 0 Å². The molecule has 27 heavy (non-hydrogen) atoms. The molecule has 148 valence electrons. The molecule has 3 aliphatic heterocycles. The molecule has 0 bridgehead atoms. The molecular formula is C20H31N5O2. The largest absolute Gasteiger partial charge is 0.439 e. The minimum Gasteiger partial charge on any atom is -0.439 e. The van der Waals surface area contributed by atoms with E-state index in [0.29, 0.717) is 6.04 Å². The average molecular weight is 374 g/mol. The van der Waals surface area contributed by atoms with Gasteiger partial charge in [0.05, 0.1) is 6.54 Å². The van der Waals surface area contributed by atoms with Gasteiger partial charge in [0.15, 0.2) is 0 Å². The molecule has 1 spiro atoms. The summed E-state index contributed by atoms with van der Waals surface area (Å²) in [5, 5.41) is 0. The van der Waals surface area contributed by atoms with Gasteiger partial charge in [0.2, 0.25) is 0 Å². The highest BCUT2D eigenvalue weighted by Crippen LogP contribution is 2.34. The zero-order valence-corrected chi connectivity index (χ0v) is 16.8. The van der Waals surface area contributed by atoms with Crippen LogP contribution in [0.1, 0.15) is 44.1 Å². The van der Waals surface area contributed by atoms with E-state index < -0.39 is 0 Å². The molecule has 1 atom stereocenters. The maximum atomic E-state index is 11.8. The zero-order valence-electron chi connectivity index (χ0n) is 16.8. The fraction of sp³-hybridized carbons (Fsp3) is 0.750. The maximum absolute atomic E-state index is 11.8. The van der Waals surface area contributed by atoms with Crippen LogP contribution in [0.2, 0.25) is 0 Å². The van der Waals surface area contributed by atoms with Gasteiger partial charge in [-0.05, 0) is 26.2 Å². The van der Waals surface area contributed by atoms with Gasteiger partial charge in [0, 0.05) is 63.9 Å². The number of carbonyl (C=O) groups excluding carboxylic acids is 1. The molecule has 0 saturated carbocycles. The Morgan fingerprint density at radius 3 is 2.67 bits per heavy atom. The number of aromatic nitrogens is 2. The van der Waals surface area contributed by atoms with Crippen molar-refractivity contribution in [2.45, 2.75) is 57.6 Å². The lowest BCUT2D eigenvalue weighted by Crippen LogP contribution is -2.46. The van der Waals surface area contributed by atoms with E-state index in [1.807, 2.05) is 7.05 Å². The van der Waals surface area contributed by atoms with Gasteiger partial charge < -0.3 is 14.5 Å². The third-order valence-electron chi connectivity index (χ3n) is 6.15. The molecule has 0 N–H and O–H groups in total. The van der Waals surface area contributed by atoms with Crippen LogP contribution in [0.5, 0.6) is 0 Å². The third-order valence-corrected chi connectivity index (χ3v) is 6.15. The monoisotopic (exact) mass is 373 g/mol. The molecule has 3 aliphatic rings. The Kier molecular flexibility index (Phi) is 4.97. The van der Waals surface area contributed by atoms with Crippen molar-refractivity contribution in [1.82, 2.24) is 19.8 Å². The highest BCUT2D eigenvalue weighted by Gasteiger charge is 2.49. The summed E-state index contributed by atoms with van der Waals surface area (Å²) in [7, 11) is 1.83. The molecular weight excluding hydrogens is 342 g/mol. The van der Waals surface area contributed by atoms with Crippen LogP contribution in [0.25, 0.3) is 0 Å². The number of anilines is 1. The first-order valence-electron chi connectivity index (χ1n) is 10.3. The lowest BCUT2D eigenvalue weighted by Gasteiger charge is -2.37. The molecule has 1 amide bonds. The molecule has 1 aromatic heterocycles. The molecule has 1 aromatic rings. The van der Waals surface area contributed by atoms with E-state index in [0.717, 1.165) is 82.2 Å². The van der Waals surface area contributed by atoms with Crippen LogP contribution in [0.3, 0.4) is 0 Å². The summed E-state index contributed by atoms with van der Waals surface area (Å²) < 4.78 is 5.70. The van der Waals surface area contributed by atoms with Crippen LogP contribution in [-0.4, -0.2) is 77.3 Å². The summed E-state index contributed by atoms with van der Waals surface area (Å²) in [6.45, 7) is 8.90. The van der Waals surface area contributed by atoms with E-state index in [1.165, 1.54) is 0 Å². The summed E-state index contributed by atoms with van der Waals surface area (Å²) in [6.07, 6.45) is 5.05. The molecule has 4 heterocycles. The van der Waals surface area contributed by atoms with Crippen LogP contribution < -0.4 is 4.90 Å². The van der Waals surface area contributed by atoms with Crippen LogP contribution in [0.15, 0.2) is 6.07 Å². The number of hydrogen-bond donors (Lipinski definition) is 0. The first-order valence-corrected chi connectivity index (χ1v) is 10.3. The number of rotatable bonds is 4. The van der Waals surface area contributed by atoms with Crippen molar-refractivity contribution in [2.24, 2.45) is 0 Å². The number of likely N-dealkylation sites (tertiary alicyclic amines) is 1. The minimum atomic E-state index is -0.276. The standard InChI is InChI=1S/C20H31N5O2/c1-4-5-17-21-15(2)12-18(22-17)24-9-6-16(7-10-24)25-11-8-20(14-25)13-23(3)19(26)27-20/h12,16H,4-11,13-14H2,1-3H3/t20-/m1/s1. The van der Waals surface area contributed by atoms with E-state index in [4.69, 9.17) is 9.72 Å². The van der Waals surface area contributed by atoms with Crippen molar-refractivity contribution in [3.63, 3.8) is 0 Å². The number of piperidine rings is 1. The molecule has 0 aromatic carbocycles. The highest BCUT2D eigenvalue weighted by molar-refractivity contribution is 5.70. The van der Waals surface area contributed by atoms with Crippen LogP contribution in [0.4, 0.5) is 10.6 Å². The smallest absolute Gasteiger partial charge is 0.410 e. The Bertz CT molecular complexity index is 704. The number of hydrogen-bond acceptors (Lipinski definition) is 6. The Hall–Kier alpha value is -1.89. The van der Waals surface area contributed by atoms with Crippen molar-refractivity contribution in [1.29, 1.82) is 0 Å². The Labute approximate surface area is 161 Å². The number of carbonyl (C=O) groups is 1. The molecule has 0 radical (unpaired) electrons. The summed E-state index contributed by atoms with van der Waals surface area (Å²) in [5.41, 5.74) is 0.779. The predicted molar refractivity (Wildman–Crippen MR) is 104 cm³/mol. The van der Waals surface area contributed by atoms with Gasteiger partial charge in [-0.15, -0.1) is 0 Å². The fourth-order valence-electron chi connectivity index (χ4n) is 4.76. The summed E-state index contributed by atoms with van der Waals surface area (Å²) in [6, 6.07) is 2.68. The first-order chi connectivity index (χ1) is 13.0. The summed E-state index contributed by atoms with van der Waals surface area (Å²) in [4.78, 5) is 27.8. The predicted octanol–water partition coefficient (Wildman–Crippen LogP) is 2.23. The number of likely N-dealkylation sites (N-methyl/N-ethyl adjacent to an activating group) is 1. The number of ether oxygens (including phenoxy) is 1. The van der Waals surface area contributed by atoms with Gasteiger partial charge in [-0.3, -0.25) is 4.90 Å². The molecule has 7 nitrogen and oxygen atoms in total. The molecule has 3 fully saturated rings. The number of nitrogens with zero attached hydrogens (tertiary/aromatic N) is 5. The first kappa shape index (κ1) is 18.5. The van der Waals surface area contributed by atoms with E-state index in [1.54, 1.807) is 4.90 Å². The molecule has 7 heteroatoms. The van der Waals surface area contributed by atoms with Crippen molar-refractivity contribution >= 4 is 11.9 Å². The van der Waals surface area contributed by atoms with Crippen molar-refractivity contribution in [2.75, 3.05) is 44.7 Å². The van der Waals surface area contributed by atoms with E-state index in [-0.39, 0.29) is 11.7 Å². The normalized spacial score (nSPS) is 27.0. The average Bonchev–Trinajstić information content (AvgIpc) is 3.17. The molecule has 0 aliphatic carbocycles. The second-order valence-corrected chi connectivity index (χ2v) is 8.38. The topological polar surface area (TPSA) is 61.8 Å². The van der Waals surface area contributed by atoms with Crippen molar-refractivity contribution in [3.05, 3.63) is 17.6 Å². The summed E-state index contributed by atoms with van der Waals surface area (Å²) >= 11 is 0. The molecule has 0 unspecified atom stereocenters. The van der Waals surface area contributed by atoms with Gasteiger partial charge in [-0.25, -0.2) is 14.8 Å². The number of amides is 1. The Morgan fingerprint density at radius 2 is 2.00 bits per heavy atom. The lowest BCUT2D eigenvalue weighted by atomic mass is 10.0. The second kappa shape index (κ2) is 7.26. The van der Waals surface area contributed by atoms with Gasteiger partial charge >= 0.3 is 6.09 Å². The quantitative estimate of drug-likeness (QED) is 0.807. The Morgan fingerprint density at radius 1 is 1.22 bits per heavy atom. The van der Waals surface area contributed by atoms with E-state index in [2.05, 4.69) is 34.7 Å². The van der Waals surface area contributed by atoms with Gasteiger partial charge in [-0.1, -0.05) is 6.92 Å². The number of aryl methyl sites for hydroxylation is 2. The third kappa shape index (κ3) is 3.74. The van der Waals surface area contributed by atoms with Crippen molar-refractivity contribution < 1.29 is 9.53 Å². The van der Waals surface area contributed by atoms with Gasteiger partial charge in [0.25, 0.3) is 0 Å². The van der Waals surface area contributed by atoms with E-state index in [9.17, 15) is 4.79 Å². The summed E-state index contributed by atoms with van der Waals surface area (Å²) in [5.74, 6) is 2.04. The fourth-order valence-corrected chi connectivity index (χ4v) is 4.76. The minimum absolute atomic E-state index is 0.173. The van der Waals surface area contributed by atoms with Crippen LogP contribution in [0, 0.1) is 6.92 Å². The highest BCUT2D eigenvalue weighted by atomic mass is 16.6. The van der Waals surface area contributed by atoms with E-state index >= 15 is 0 Å². The van der Waals surface area contributed by atoms with Gasteiger partial charge in [0.1, 0.15) is 17.2 Å². The van der Waals surface area contributed by atoms with Crippen LogP contribution >= 0.6 is 0 Å². The van der Waals surface area contributed by atoms with Crippen molar-refractivity contribution in [3.8, 4) is 0 Å².